The summed E-state index contributed by atoms with van der Waals surface area (Å²) in [6, 6.07) is 22.7. The molecule has 0 aromatic heterocycles. The van der Waals surface area contributed by atoms with Crippen molar-refractivity contribution < 1.29 is 72.6 Å². The Hall–Kier alpha value is -6.07. The van der Waals surface area contributed by atoms with E-state index in [-0.39, 0.29) is 35.3 Å². The summed E-state index contributed by atoms with van der Waals surface area (Å²) in [5, 5.41) is 40.5. The number of aliphatic hydroxyl groups is 3. The maximum Gasteiger partial charge on any atom is 0.338 e. The molecule has 344 valence electrons. The molecule has 7 rings (SSSR count). The largest absolute Gasteiger partial charge is 0.456 e. The maximum absolute atomic E-state index is 15.7. The Morgan fingerprint density at radius 2 is 1.43 bits per heavy atom. The van der Waals surface area contributed by atoms with Crippen LogP contribution in [-0.4, -0.2) is 111 Å². The van der Waals surface area contributed by atoms with Crippen LogP contribution >= 0.6 is 0 Å². The van der Waals surface area contributed by atoms with Gasteiger partial charge in [-0.25, -0.2) is 9.59 Å². The van der Waals surface area contributed by atoms with E-state index >= 15 is 4.79 Å². The molecule has 16 heteroatoms. The van der Waals surface area contributed by atoms with E-state index in [2.05, 4.69) is 5.32 Å². The van der Waals surface area contributed by atoms with Crippen molar-refractivity contribution >= 4 is 41.4 Å². The van der Waals surface area contributed by atoms with Crippen molar-refractivity contribution in [2.24, 2.45) is 16.7 Å². The van der Waals surface area contributed by atoms with Gasteiger partial charge in [0.2, 0.25) is 0 Å². The third-order valence-corrected chi connectivity index (χ3v) is 13.8. The number of nitrogens with one attached hydrogen (secondary N) is 1. The fourth-order valence-electron chi connectivity index (χ4n) is 10.4. The number of benzene rings is 3. The monoisotopic (exact) mass is 895 g/mol. The van der Waals surface area contributed by atoms with Crippen LogP contribution in [0.2, 0.25) is 0 Å². The predicted molar refractivity (Wildman–Crippen MR) is 227 cm³/mol. The van der Waals surface area contributed by atoms with E-state index in [1.807, 2.05) is 0 Å². The first-order chi connectivity index (χ1) is 30.7. The van der Waals surface area contributed by atoms with Crippen LogP contribution in [0.4, 0.5) is 0 Å². The van der Waals surface area contributed by atoms with Crippen molar-refractivity contribution in [3.8, 4) is 0 Å². The molecule has 0 spiro atoms. The number of hydrogen-bond acceptors (Lipinski definition) is 15. The summed E-state index contributed by atoms with van der Waals surface area (Å²) in [5.41, 5.74) is -7.60. The summed E-state index contributed by atoms with van der Waals surface area (Å²) in [5.74, 6) is -7.96. The molecule has 3 aromatic rings. The smallest absolute Gasteiger partial charge is 0.338 e. The molecule has 0 unspecified atom stereocenters. The molecule has 1 aliphatic heterocycles. The first-order valence-electron chi connectivity index (χ1n) is 21.4. The number of ether oxygens (including phenoxy) is 5. The highest BCUT2D eigenvalue weighted by molar-refractivity contribution is 5.99. The zero-order chi connectivity index (χ0) is 47.2. The summed E-state index contributed by atoms with van der Waals surface area (Å²) in [6.07, 6.45) is -11.8. The second kappa shape index (κ2) is 17.7. The molecule has 1 heterocycles. The van der Waals surface area contributed by atoms with E-state index in [9.17, 15) is 44.1 Å². The number of Topliss-reactive ketones (excluding diaryl/α,β-unsaturated/α-hetero) is 2. The number of carbonyl (C=O) groups is 7. The highest BCUT2D eigenvalue weighted by Gasteiger charge is 2.78. The van der Waals surface area contributed by atoms with Gasteiger partial charge in [-0.3, -0.25) is 24.0 Å². The first-order valence-corrected chi connectivity index (χ1v) is 21.4. The Labute approximate surface area is 375 Å². The molecule has 16 nitrogen and oxygen atoms in total. The lowest BCUT2D eigenvalue weighted by molar-refractivity contribution is -0.346. The van der Waals surface area contributed by atoms with Crippen LogP contribution in [0, 0.1) is 16.7 Å². The number of fused-ring (bicyclic) bond motifs is 5. The number of ketones is 2. The predicted octanol–water partition coefficient (Wildman–Crippen LogP) is 3.69. The fraction of sp³-hybridized carbons (Fsp3) is 0.449. The van der Waals surface area contributed by atoms with E-state index in [1.54, 1.807) is 78.9 Å². The number of aliphatic hydroxyl groups excluding tert-OH is 2. The van der Waals surface area contributed by atoms with Crippen molar-refractivity contribution in [1.29, 1.82) is 0 Å². The van der Waals surface area contributed by atoms with Gasteiger partial charge in [-0.05, 0) is 61.7 Å². The number of rotatable bonds is 12. The summed E-state index contributed by atoms with van der Waals surface area (Å²) in [6.45, 7) is 7.78. The van der Waals surface area contributed by atoms with Crippen LogP contribution in [0.5, 0.6) is 0 Å². The maximum atomic E-state index is 15.7. The van der Waals surface area contributed by atoms with Gasteiger partial charge >= 0.3 is 23.9 Å². The van der Waals surface area contributed by atoms with Gasteiger partial charge in [0.1, 0.15) is 36.1 Å². The van der Waals surface area contributed by atoms with Crippen molar-refractivity contribution in [2.45, 2.75) is 115 Å². The number of esters is 4. The van der Waals surface area contributed by atoms with Gasteiger partial charge in [0.05, 0.1) is 35.6 Å². The minimum absolute atomic E-state index is 0.0395. The van der Waals surface area contributed by atoms with Gasteiger partial charge in [0, 0.05) is 30.7 Å². The lowest BCUT2D eigenvalue weighted by Gasteiger charge is -2.67. The van der Waals surface area contributed by atoms with E-state index in [0.29, 0.717) is 5.56 Å². The lowest BCUT2D eigenvalue weighted by Crippen LogP contribution is -2.82. The third-order valence-electron chi connectivity index (χ3n) is 13.8. The quantitative estimate of drug-likeness (QED) is 0.0878. The average Bonchev–Trinajstić information content (AvgIpc) is 3.26. The Kier molecular flexibility index (Phi) is 12.8. The summed E-state index contributed by atoms with van der Waals surface area (Å²) in [4.78, 5) is 96.8. The molecular formula is C49H53NO15. The molecule has 4 aliphatic rings. The molecule has 4 N–H and O–H groups in total. The molecule has 2 bridgehead atoms. The van der Waals surface area contributed by atoms with Gasteiger partial charge in [0.15, 0.2) is 23.6 Å². The van der Waals surface area contributed by atoms with Crippen LogP contribution < -0.4 is 5.32 Å². The van der Waals surface area contributed by atoms with Crippen LogP contribution in [0.15, 0.2) is 102 Å². The number of hydrogen-bond donors (Lipinski definition) is 4. The van der Waals surface area contributed by atoms with E-state index in [1.165, 1.54) is 39.8 Å². The van der Waals surface area contributed by atoms with Crippen molar-refractivity contribution in [2.75, 3.05) is 6.61 Å². The second-order valence-corrected chi connectivity index (χ2v) is 18.1. The lowest BCUT2D eigenvalue weighted by atomic mass is 9.44. The Bertz CT molecular complexity index is 2400. The molecule has 0 radical (unpaired) electrons. The van der Waals surface area contributed by atoms with E-state index in [4.69, 9.17) is 23.7 Å². The van der Waals surface area contributed by atoms with Gasteiger partial charge in [0.25, 0.3) is 5.91 Å². The van der Waals surface area contributed by atoms with Gasteiger partial charge < -0.3 is 44.3 Å². The van der Waals surface area contributed by atoms with Crippen molar-refractivity contribution in [3.05, 3.63) is 119 Å². The zero-order valence-electron chi connectivity index (χ0n) is 36.8. The second-order valence-electron chi connectivity index (χ2n) is 18.1. The molecule has 2 saturated carbocycles. The molecular weight excluding hydrogens is 843 g/mol. The zero-order valence-corrected chi connectivity index (χ0v) is 36.8. The first kappa shape index (κ1) is 46.9. The molecule has 65 heavy (non-hydrogen) atoms. The normalized spacial score (nSPS) is 30.9. The molecule has 11 atom stereocenters. The van der Waals surface area contributed by atoms with Crippen LogP contribution in [0.25, 0.3) is 0 Å². The molecule has 3 aromatic carbocycles. The number of amides is 1. The molecule has 3 aliphatic carbocycles. The average molecular weight is 896 g/mol. The van der Waals surface area contributed by atoms with Crippen LogP contribution in [0.3, 0.4) is 0 Å². The van der Waals surface area contributed by atoms with Gasteiger partial charge in [-0.2, -0.15) is 0 Å². The summed E-state index contributed by atoms with van der Waals surface area (Å²) < 4.78 is 30.4. The fourth-order valence-corrected chi connectivity index (χ4v) is 10.4. The van der Waals surface area contributed by atoms with Gasteiger partial charge in [-0.1, -0.05) is 80.6 Å². The Balaban J connectivity index is 1.41. The molecule has 1 amide bonds. The minimum Gasteiger partial charge on any atom is -0.456 e. The molecule has 3 fully saturated rings. The highest BCUT2D eigenvalue weighted by Crippen LogP contribution is 2.64. The van der Waals surface area contributed by atoms with Gasteiger partial charge in [-0.15, -0.1) is 0 Å². The molecule has 1 saturated heterocycles. The number of carbonyl (C=O) groups excluding carboxylic acids is 7. The van der Waals surface area contributed by atoms with Crippen molar-refractivity contribution in [3.63, 3.8) is 0 Å². The highest BCUT2D eigenvalue weighted by atomic mass is 16.6. The Morgan fingerprint density at radius 3 is 1.98 bits per heavy atom. The minimum atomic E-state index is -2.47. The summed E-state index contributed by atoms with van der Waals surface area (Å²) in [7, 11) is 0. The van der Waals surface area contributed by atoms with E-state index < -0.39 is 125 Å². The van der Waals surface area contributed by atoms with Crippen LogP contribution in [0.1, 0.15) is 93.1 Å². The summed E-state index contributed by atoms with van der Waals surface area (Å²) >= 11 is 0. The topological polar surface area (TPSA) is 238 Å². The standard InChI is InChI=1S/C49H53NO15/c1-26(51)22-35(54)63-39-36-27(2)32(62-45(59)38(55)37(29-16-10-7-11-17-29)50-43(57)30-18-12-8-13-19-30)24-49(60,46(36,4)5)42(64-44(58)31-20-14-9-15-21-31)40-47(6,41(39)56)33(53)23-34-48(40,25-61-34)65-28(3)52/h7-21,32-34,37-40,42,53,55,60H,22-25H2,1-6H3,(H,50,57)/t32-,33-,34+,37-,38+,39+,40-,42-,47+,48-,49+/m0/s1. The third kappa shape index (κ3) is 8.17. The van der Waals surface area contributed by atoms with Crippen molar-refractivity contribution in [1.82, 2.24) is 5.32 Å². The van der Waals surface area contributed by atoms with E-state index in [0.717, 1.165) is 13.8 Å². The SMILES string of the molecule is CC(=O)CC(=O)O[C@H]1C(=O)[C@@]2(C)[C@H]([C@H](OC(=O)c3ccccc3)[C@]3(O)C[C@H](OC(=O)[C@H](O)[C@@H](NC(=O)c4ccccc4)c4ccccc4)C(C)=C1C3(C)C)[C@]1(OC(C)=O)CO[C@@H]1C[C@@H]2O. The Morgan fingerprint density at radius 1 is 0.846 bits per heavy atom. The van der Waals surface area contributed by atoms with Crippen LogP contribution in [-0.2, 0) is 47.7 Å².